The average Bonchev–Trinajstić information content (AvgIpc) is 2.74. The number of hydrogen-bond donors (Lipinski definition) is 1. The van der Waals surface area contributed by atoms with Crippen molar-refractivity contribution in [2.24, 2.45) is 0 Å². The standard InChI is InChI=1S/C24H31ClN2O2S/c1-4-18(2)26-24(29)19(3)27(14-13-20-9-6-5-7-10-20)23(28)17-30-16-21-11-8-12-22(25)15-21/h5-12,15,18-19H,4,13-14,16-17H2,1-3H3,(H,26,29). The van der Waals surface area contributed by atoms with Gasteiger partial charge < -0.3 is 10.2 Å². The van der Waals surface area contributed by atoms with Gasteiger partial charge in [0, 0.05) is 23.4 Å². The van der Waals surface area contributed by atoms with E-state index in [1.807, 2.05) is 75.4 Å². The van der Waals surface area contributed by atoms with Gasteiger partial charge in [-0.25, -0.2) is 0 Å². The van der Waals surface area contributed by atoms with Gasteiger partial charge in [-0.2, -0.15) is 0 Å². The van der Waals surface area contributed by atoms with Crippen LogP contribution in [0.4, 0.5) is 0 Å². The molecule has 2 aromatic rings. The van der Waals surface area contributed by atoms with Crippen LogP contribution in [0.3, 0.4) is 0 Å². The lowest BCUT2D eigenvalue weighted by atomic mass is 10.1. The molecule has 0 fully saturated rings. The molecule has 1 N–H and O–H groups in total. The summed E-state index contributed by atoms with van der Waals surface area (Å²) < 4.78 is 0. The van der Waals surface area contributed by atoms with Crippen molar-refractivity contribution in [3.05, 3.63) is 70.7 Å². The molecule has 0 aromatic heterocycles. The van der Waals surface area contributed by atoms with Gasteiger partial charge in [-0.1, -0.05) is 61.0 Å². The third kappa shape index (κ3) is 8.04. The molecule has 0 aliphatic heterocycles. The highest BCUT2D eigenvalue weighted by Crippen LogP contribution is 2.18. The molecule has 0 radical (unpaired) electrons. The number of nitrogens with one attached hydrogen (secondary N) is 1. The lowest BCUT2D eigenvalue weighted by molar-refractivity contribution is -0.138. The number of thioether (sulfide) groups is 1. The third-order valence-electron chi connectivity index (χ3n) is 5.04. The summed E-state index contributed by atoms with van der Waals surface area (Å²) in [5, 5.41) is 3.69. The van der Waals surface area contributed by atoms with E-state index >= 15 is 0 Å². The number of hydrogen-bond acceptors (Lipinski definition) is 3. The Kier molecular flexibility index (Phi) is 10.2. The van der Waals surface area contributed by atoms with Crippen molar-refractivity contribution in [1.29, 1.82) is 0 Å². The number of benzene rings is 2. The number of carbonyl (C=O) groups excluding carboxylic acids is 2. The Morgan fingerprint density at radius 3 is 2.43 bits per heavy atom. The van der Waals surface area contributed by atoms with Crippen molar-refractivity contribution in [3.8, 4) is 0 Å². The van der Waals surface area contributed by atoms with Crippen LogP contribution in [0.5, 0.6) is 0 Å². The molecule has 2 rings (SSSR count). The second-order valence-electron chi connectivity index (χ2n) is 7.44. The lowest BCUT2D eigenvalue weighted by Crippen LogP contribution is -2.51. The summed E-state index contributed by atoms with van der Waals surface area (Å²) in [5.41, 5.74) is 2.23. The molecule has 0 aliphatic carbocycles. The molecule has 30 heavy (non-hydrogen) atoms. The first-order valence-corrected chi connectivity index (χ1v) is 11.9. The topological polar surface area (TPSA) is 49.4 Å². The SMILES string of the molecule is CCC(C)NC(=O)C(C)N(CCc1ccccc1)C(=O)CSCc1cccc(Cl)c1. The van der Waals surface area contributed by atoms with Crippen LogP contribution in [0.15, 0.2) is 54.6 Å². The molecule has 2 amide bonds. The maximum Gasteiger partial charge on any atom is 0.242 e. The van der Waals surface area contributed by atoms with Crippen molar-refractivity contribution in [2.75, 3.05) is 12.3 Å². The van der Waals surface area contributed by atoms with Crippen LogP contribution in [0.25, 0.3) is 0 Å². The first-order chi connectivity index (χ1) is 14.4. The van der Waals surface area contributed by atoms with E-state index in [9.17, 15) is 9.59 Å². The fraction of sp³-hybridized carbons (Fsp3) is 0.417. The zero-order chi connectivity index (χ0) is 21.9. The summed E-state index contributed by atoms with van der Waals surface area (Å²) in [6, 6.07) is 17.3. The zero-order valence-corrected chi connectivity index (χ0v) is 19.5. The molecule has 0 aliphatic rings. The molecule has 0 bridgehead atoms. The van der Waals surface area contributed by atoms with Crippen LogP contribution < -0.4 is 5.32 Å². The molecule has 4 nitrogen and oxygen atoms in total. The lowest BCUT2D eigenvalue weighted by Gasteiger charge is -2.29. The van der Waals surface area contributed by atoms with Crippen molar-refractivity contribution in [1.82, 2.24) is 10.2 Å². The van der Waals surface area contributed by atoms with Crippen molar-refractivity contribution in [2.45, 2.75) is 51.4 Å². The van der Waals surface area contributed by atoms with Gasteiger partial charge in [-0.3, -0.25) is 9.59 Å². The molecule has 2 atom stereocenters. The first-order valence-electron chi connectivity index (χ1n) is 10.4. The van der Waals surface area contributed by atoms with E-state index in [2.05, 4.69) is 5.32 Å². The number of carbonyl (C=O) groups is 2. The molecule has 2 aromatic carbocycles. The van der Waals surface area contributed by atoms with Gasteiger partial charge in [0.15, 0.2) is 0 Å². The summed E-state index contributed by atoms with van der Waals surface area (Å²) in [7, 11) is 0. The molecule has 162 valence electrons. The minimum atomic E-state index is -0.512. The Morgan fingerprint density at radius 1 is 1.07 bits per heavy atom. The van der Waals surface area contributed by atoms with E-state index in [4.69, 9.17) is 11.6 Å². The van der Waals surface area contributed by atoms with Crippen LogP contribution >= 0.6 is 23.4 Å². The van der Waals surface area contributed by atoms with Crippen LogP contribution in [-0.4, -0.2) is 41.1 Å². The fourth-order valence-electron chi connectivity index (χ4n) is 3.00. The number of nitrogens with zero attached hydrogens (tertiary/aromatic N) is 1. The Hall–Kier alpha value is -1.98. The minimum absolute atomic E-state index is 0.0234. The molecule has 0 spiro atoms. The molecule has 0 saturated heterocycles. The van der Waals surface area contributed by atoms with Crippen molar-refractivity contribution < 1.29 is 9.59 Å². The minimum Gasteiger partial charge on any atom is -0.352 e. The van der Waals surface area contributed by atoms with E-state index in [-0.39, 0.29) is 17.9 Å². The van der Waals surface area contributed by atoms with Gasteiger partial charge in [0.05, 0.1) is 5.75 Å². The van der Waals surface area contributed by atoms with Crippen molar-refractivity contribution in [3.63, 3.8) is 0 Å². The van der Waals surface area contributed by atoms with E-state index in [0.29, 0.717) is 29.5 Å². The highest BCUT2D eigenvalue weighted by atomic mass is 35.5. The van der Waals surface area contributed by atoms with Crippen LogP contribution in [0.1, 0.15) is 38.3 Å². The van der Waals surface area contributed by atoms with Gasteiger partial charge in [0.25, 0.3) is 0 Å². The highest BCUT2D eigenvalue weighted by molar-refractivity contribution is 7.99. The number of amides is 2. The maximum absolute atomic E-state index is 13.0. The fourth-order valence-corrected chi connectivity index (χ4v) is 4.07. The second kappa shape index (κ2) is 12.7. The quantitative estimate of drug-likeness (QED) is 0.531. The normalized spacial score (nSPS) is 12.8. The smallest absolute Gasteiger partial charge is 0.242 e. The zero-order valence-electron chi connectivity index (χ0n) is 17.9. The maximum atomic E-state index is 13.0. The Labute approximate surface area is 189 Å². The summed E-state index contributed by atoms with van der Waals surface area (Å²) in [6.07, 6.45) is 1.57. The summed E-state index contributed by atoms with van der Waals surface area (Å²) >= 11 is 7.58. The summed E-state index contributed by atoms with van der Waals surface area (Å²) in [5.74, 6) is 0.893. The molecular weight excluding hydrogens is 416 g/mol. The molecule has 2 unspecified atom stereocenters. The Bertz CT molecular complexity index is 816. The van der Waals surface area contributed by atoms with E-state index in [1.165, 1.54) is 11.8 Å². The number of halogens is 1. The van der Waals surface area contributed by atoms with Crippen LogP contribution in [0.2, 0.25) is 5.02 Å². The molecule has 0 saturated carbocycles. The largest absolute Gasteiger partial charge is 0.352 e. The monoisotopic (exact) mass is 446 g/mol. The predicted molar refractivity (Wildman–Crippen MR) is 127 cm³/mol. The van der Waals surface area contributed by atoms with Crippen molar-refractivity contribution >= 4 is 35.2 Å². The first kappa shape index (κ1) is 24.3. The van der Waals surface area contributed by atoms with Gasteiger partial charge in [0.2, 0.25) is 11.8 Å². The molecule has 0 heterocycles. The van der Waals surface area contributed by atoms with E-state index in [0.717, 1.165) is 17.5 Å². The third-order valence-corrected chi connectivity index (χ3v) is 6.26. The van der Waals surface area contributed by atoms with Gasteiger partial charge in [-0.15, -0.1) is 11.8 Å². The van der Waals surface area contributed by atoms with Gasteiger partial charge in [0.1, 0.15) is 6.04 Å². The Balaban J connectivity index is 2.00. The summed E-state index contributed by atoms with van der Waals surface area (Å²) in [6.45, 7) is 6.32. The summed E-state index contributed by atoms with van der Waals surface area (Å²) in [4.78, 5) is 27.4. The second-order valence-corrected chi connectivity index (χ2v) is 8.86. The Morgan fingerprint density at radius 2 is 1.77 bits per heavy atom. The van der Waals surface area contributed by atoms with Gasteiger partial charge >= 0.3 is 0 Å². The van der Waals surface area contributed by atoms with Crippen LogP contribution in [-0.2, 0) is 21.8 Å². The highest BCUT2D eigenvalue weighted by Gasteiger charge is 2.26. The van der Waals surface area contributed by atoms with E-state index in [1.54, 1.807) is 4.90 Å². The molecule has 6 heteroatoms. The van der Waals surface area contributed by atoms with E-state index < -0.39 is 6.04 Å². The average molecular weight is 447 g/mol. The predicted octanol–water partition coefficient (Wildman–Crippen LogP) is 4.95. The van der Waals surface area contributed by atoms with Gasteiger partial charge in [-0.05, 0) is 49.9 Å². The van der Waals surface area contributed by atoms with Crippen LogP contribution in [0, 0.1) is 0 Å². The molecular formula is C24H31ClN2O2S. The number of rotatable bonds is 11.